The predicted molar refractivity (Wildman–Crippen MR) is 97.6 cm³/mol. The van der Waals surface area contributed by atoms with E-state index in [9.17, 15) is 4.79 Å². The quantitative estimate of drug-likeness (QED) is 0.710. The SMILES string of the molecule is COc1ccc(CCNC(=O)Nc2cc(-n3ccnc3C)ncn2)cc1. The van der Waals surface area contributed by atoms with E-state index in [2.05, 4.69) is 25.6 Å². The summed E-state index contributed by atoms with van der Waals surface area (Å²) >= 11 is 0. The van der Waals surface area contributed by atoms with Gasteiger partial charge in [0.2, 0.25) is 0 Å². The van der Waals surface area contributed by atoms with E-state index in [1.54, 1.807) is 25.6 Å². The molecule has 2 N–H and O–H groups in total. The Kier molecular flexibility index (Phi) is 5.43. The molecule has 2 heterocycles. The molecule has 8 nitrogen and oxygen atoms in total. The van der Waals surface area contributed by atoms with Crippen LogP contribution in [0.15, 0.2) is 49.1 Å². The number of rotatable bonds is 6. The van der Waals surface area contributed by atoms with Crippen LogP contribution in [0, 0.1) is 6.92 Å². The highest BCUT2D eigenvalue weighted by Crippen LogP contribution is 2.12. The van der Waals surface area contributed by atoms with Gasteiger partial charge in [-0.3, -0.25) is 9.88 Å². The van der Waals surface area contributed by atoms with Gasteiger partial charge in [-0.1, -0.05) is 12.1 Å². The smallest absolute Gasteiger partial charge is 0.320 e. The molecule has 0 unspecified atom stereocenters. The maximum atomic E-state index is 12.0. The molecule has 0 aliphatic rings. The average Bonchev–Trinajstić information content (AvgIpc) is 3.08. The topological polar surface area (TPSA) is 94.0 Å². The molecular weight excluding hydrogens is 332 g/mol. The number of nitrogens with zero attached hydrogens (tertiary/aromatic N) is 4. The number of amides is 2. The molecule has 0 radical (unpaired) electrons. The van der Waals surface area contributed by atoms with Crippen LogP contribution in [0.3, 0.4) is 0 Å². The minimum absolute atomic E-state index is 0.314. The number of ether oxygens (including phenoxy) is 1. The highest BCUT2D eigenvalue weighted by molar-refractivity contribution is 5.88. The van der Waals surface area contributed by atoms with Crippen LogP contribution in [0.1, 0.15) is 11.4 Å². The van der Waals surface area contributed by atoms with Gasteiger partial charge < -0.3 is 10.1 Å². The molecule has 0 saturated carbocycles. The molecule has 1 aromatic carbocycles. The number of anilines is 1. The zero-order valence-corrected chi connectivity index (χ0v) is 14.6. The lowest BCUT2D eigenvalue weighted by Gasteiger charge is -2.09. The largest absolute Gasteiger partial charge is 0.497 e. The van der Waals surface area contributed by atoms with E-state index in [1.807, 2.05) is 35.8 Å². The van der Waals surface area contributed by atoms with Gasteiger partial charge in [0, 0.05) is 25.0 Å². The van der Waals surface area contributed by atoms with E-state index in [1.165, 1.54) is 6.33 Å². The number of carbonyl (C=O) groups is 1. The number of benzene rings is 1. The molecule has 3 rings (SSSR count). The zero-order valence-electron chi connectivity index (χ0n) is 14.6. The molecular formula is C18H20N6O2. The molecule has 2 amide bonds. The number of carbonyl (C=O) groups excluding carboxylic acids is 1. The van der Waals surface area contributed by atoms with Crippen molar-refractivity contribution in [3.63, 3.8) is 0 Å². The second-order valence-corrected chi connectivity index (χ2v) is 5.58. The van der Waals surface area contributed by atoms with Gasteiger partial charge in [0.1, 0.15) is 29.5 Å². The molecule has 0 fully saturated rings. The Balaban J connectivity index is 1.52. The van der Waals surface area contributed by atoms with Crippen molar-refractivity contribution in [2.24, 2.45) is 0 Å². The summed E-state index contributed by atoms with van der Waals surface area (Å²) in [5, 5.41) is 5.53. The summed E-state index contributed by atoms with van der Waals surface area (Å²) in [5.74, 6) is 2.68. The van der Waals surface area contributed by atoms with Gasteiger partial charge >= 0.3 is 6.03 Å². The minimum Gasteiger partial charge on any atom is -0.497 e. The van der Waals surface area contributed by atoms with Crippen molar-refractivity contribution in [1.29, 1.82) is 0 Å². The molecule has 0 bridgehead atoms. The standard InChI is InChI=1S/C18H20N6O2/c1-13-19-9-10-24(13)17-11-16(21-12-22-17)23-18(25)20-8-7-14-3-5-15(26-2)6-4-14/h3-6,9-12H,7-8H2,1-2H3,(H2,20,21,22,23,25). The summed E-state index contributed by atoms with van der Waals surface area (Å²) in [4.78, 5) is 24.5. The van der Waals surface area contributed by atoms with Crippen LogP contribution >= 0.6 is 0 Å². The lowest BCUT2D eigenvalue weighted by Crippen LogP contribution is -2.30. The number of hydrogen-bond donors (Lipinski definition) is 2. The first-order valence-corrected chi connectivity index (χ1v) is 8.16. The van der Waals surface area contributed by atoms with Gasteiger partial charge in [-0.05, 0) is 31.0 Å². The van der Waals surface area contributed by atoms with E-state index in [-0.39, 0.29) is 6.03 Å². The maximum absolute atomic E-state index is 12.0. The Labute approximate surface area is 151 Å². The molecule has 8 heteroatoms. The van der Waals surface area contributed by atoms with E-state index in [0.29, 0.717) is 18.2 Å². The number of urea groups is 1. The number of methoxy groups -OCH3 is 1. The van der Waals surface area contributed by atoms with Crippen LogP contribution in [0.2, 0.25) is 0 Å². The van der Waals surface area contributed by atoms with Crippen LogP contribution in [0.5, 0.6) is 5.75 Å². The summed E-state index contributed by atoms with van der Waals surface area (Å²) in [5.41, 5.74) is 1.12. The first-order chi connectivity index (χ1) is 12.7. The van der Waals surface area contributed by atoms with E-state index < -0.39 is 0 Å². The number of hydrogen-bond acceptors (Lipinski definition) is 5. The van der Waals surface area contributed by atoms with Crippen molar-refractivity contribution < 1.29 is 9.53 Å². The summed E-state index contributed by atoms with van der Waals surface area (Å²) < 4.78 is 6.94. The molecule has 0 saturated heterocycles. The van der Waals surface area contributed by atoms with Crippen LogP contribution in [0.4, 0.5) is 10.6 Å². The summed E-state index contributed by atoms with van der Waals surface area (Å²) in [6.45, 7) is 2.39. The van der Waals surface area contributed by atoms with E-state index in [0.717, 1.165) is 23.6 Å². The highest BCUT2D eigenvalue weighted by atomic mass is 16.5. The molecule has 0 aliphatic heterocycles. The molecule has 26 heavy (non-hydrogen) atoms. The second-order valence-electron chi connectivity index (χ2n) is 5.58. The summed E-state index contributed by atoms with van der Waals surface area (Å²) in [7, 11) is 1.63. The first kappa shape index (κ1) is 17.4. The number of imidazole rings is 1. The Morgan fingerprint density at radius 1 is 1.19 bits per heavy atom. The minimum atomic E-state index is -0.314. The fourth-order valence-corrected chi connectivity index (χ4v) is 2.44. The van der Waals surface area contributed by atoms with Crippen molar-refractivity contribution in [3.8, 4) is 11.6 Å². The van der Waals surface area contributed by atoms with Gasteiger partial charge in [0.25, 0.3) is 0 Å². The third-order valence-electron chi connectivity index (χ3n) is 3.83. The normalized spacial score (nSPS) is 10.4. The zero-order chi connectivity index (χ0) is 18.4. The van der Waals surface area contributed by atoms with E-state index in [4.69, 9.17) is 4.74 Å². The fourth-order valence-electron chi connectivity index (χ4n) is 2.44. The fraction of sp³-hybridized carbons (Fsp3) is 0.222. The number of aryl methyl sites for hydroxylation is 1. The van der Waals surface area contributed by atoms with Crippen LogP contribution in [0.25, 0.3) is 5.82 Å². The van der Waals surface area contributed by atoms with Gasteiger partial charge in [-0.15, -0.1) is 0 Å². The van der Waals surface area contributed by atoms with Crippen LogP contribution in [-0.2, 0) is 6.42 Å². The maximum Gasteiger partial charge on any atom is 0.320 e. The molecule has 0 atom stereocenters. The number of aromatic nitrogens is 4. The van der Waals surface area contributed by atoms with Gasteiger partial charge in [0.15, 0.2) is 0 Å². The van der Waals surface area contributed by atoms with Gasteiger partial charge in [-0.2, -0.15) is 0 Å². The Morgan fingerprint density at radius 2 is 2.00 bits per heavy atom. The lowest BCUT2D eigenvalue weighted by atomic mass is 10.1. The van der Waals surface area contributed by atoms with Crippen LogP contribution < -0.4 is 15.4 Å². The van der Waals surface area contributed by atoms with Crippen molar-refractivity contribution in [2.45, 2.75) is 13.3 Å². The summed E-state index contributed by atoms with van der Waals surface area (Å²) in [6, 6.07) is 9.12. The van der Waals surface area contributed by atoms with Gasteiger partial charge in [-0.25, -0.2) is 19.7 Å². The van der Waals surface area contributed by atoms with Crippen molar-refractivity contribution in [1.82, 2.24) is 24.8 Å². The first-order valence-electron chi connectivity index (χ1n) is 8.16. The third kappa shape index (κ3) is 4.35. The van der Waals surface area contributed by atoms with Crippen molar-refractivity contribution in [3.05, 3.63) is 60.4 Å². The molecule has 2 aromatic heterocycles. The monoisotopic (exact) mass is 352 g/mol. The van der Waals surface area contributed by atoms with E-state index >= 15 is 0 Å². The Bertz CT molecular complexity index is 875. The number of nitrogens with one attached hydrogen (secondary N) is 2. The Hall–Kier alpha value is -3.42. The van der Waals surface area contributed by atoms with Crippen molar-refractivity contribution in [2.75, 3.05) is 19.0 Å². The highest BCUT2D eigenvalue weighted by Gasteiger charge is 2.07. The van der Waals surface area contributed by atoms with Gasteiger partial charge in [0.05, 0.1) is 7.11 Å². The summed E-state index contributed by atoms with van der Waals surface area (Å²) in [6.07, 6.45) is 5.62. The predicted octanol–water partition coefficient (Wildman–Crippen LogP) is 2.34. The third-order valence-corrected chi connectivity index (χ3v) is 3.83. The molecule has 0 aliphatic carbocycles. The molecule has 134 valence electrons. The van der Waals surface area contributed by atoms with Crippen LogP contribution in [-0.4, -0.2) is 39.2 Å². The average molecular weight is 352 g/mol. The lowest BCUT2D eigenvalue weighted by molar-refractivity contribution is 0.252. The Morgan fingerprint density at radius 3 is 2.69 bits per heavy atom. The molecule has 3 aromatic rings. The molecule has 0 spiro atoms. The van der Waals surface area contributed by atoms with Crippen molar-refractivity contribution >= 4 is 11.8 Å². The second kappa shape index (κ2) is 8.11.